The highest BCUT2D eigenvalue weighted by Crippen LogP contribution is 2.30. The van der Waals surface area contributed by atoms with E-state index in [0.717, 1.165) is 45.3 Å². The summed E-state index contributed by atoms with van der Waals surface area (Å²) in [5.74, 6) is 0.302. The minimum absolute atomic E-state index is 0. The Labute approximate surface area is 145 Å². The van der Waals surface area contributed by atoms with Gasteiger partial charge in [-0.15, -0.1) is 12.4 Å². The maximum Gasteiger partial charge on any atom is 0.228 e. The van der Waals surface area contributed by atoms with Crippen LogP contribution in [-0.2, 0) is 9.59 Å². The molecule has 2 unspecified atom stereocenters. The van der Waals surface area contributed by atoms with Crippen LogP contribution in [-0.4, -0.2) is 59.9 Å². The second-order valence-electron chi connectivity index (χ2n) is 7.06. The monoisotopic (exact) mass is 343 g/mol. The molecule has 2 atom stereocenters. The number of carbonyl (C=O) groups is 2. The first kappa shape index (κ1) is 18.5. The average molecular weight is 344 g/mol. The Morgan fingerprint density at radius 2 is 2.04 bits per heavy atom. The number of nitrogens with zero attached hydrogens (tertiary/aromatic N) is 2. The Hall–Kier alpha value is -0.810. The van der Waals surface area contributed by atoms with E-state index in [9.17, 15) is 9.59 Å². The summed E-state index contributed by atoms with van der Waals surface area (Å²) in [4.78, 5) is 29.3. The van der Waals surface area contributed by atoms with Gasteiger partial charge in [-0.05, 0) is 32.2 Å². The molecule has 2 heterocycles. The number of nitrogens with one attached hydrogen (secondary N) is 1. The molecule has 0 spiro atoms. The molecule has 1 N–H and O–H groups in total. The highest BCUT2D eigenvalue weighted by atomic mass is 35.5. The van der Waals surface area contributed by atoms with E-state index in [0.29, 0.717) is 25.0 Å². The van der Waals surface area contributed by atoms with Crippen molar-refractivity contribution >= 4 is 24.2 Å². The SMILES string of the molecule is CCCN(C(=O)C1CC(=O)N(C2CCCC2)C1)C1CCNC1.Cl. The van der Waals surface area contributed by atoms with E-state index in [1.807, 2.05) is 4.90 Å². The molecule has 0 radical (unpaired) electrons. The van der Waals surface area contributed by atoms with Gasteiger partial charge in [-0.1, -0.05) is 19.8 Å². The molecule has 6 heteroatoms. The zero-order valence-corrected chi connectivity index (χ0v) is 14.9. The van der Waals surface area contributed by atoms with E-state index in [1.165, 1.54) is 12.8 Å². The van der Waals surface area contributed by atoms with Crippen LogP contribution in [0.2, 0.25) is 0 Å². The molecule has 132 valence electrons. The second-order valence-corrected chi connectivity index (χ2v) is 7.06. The summed E-state index contributed by atoms with van der Waals surface area (Å²) in [5.41, 5.74) is 0. The highest BCUT2D eigenvalue weighted by molar-refractivity contribution is 5.89. The van der Waals surface area contributed by atoms with E-state index < -0.39 is 0 Å². The van der Waals surface area contributed by atoms with Gasteiger partial charge in [-0.2, -0.15) is 0 Å². The van der Waals surface area contributed by atoms with Crippen molar-refractivity contribution in [2.75, 3.05) is 26.2 Å². The van der Waals surface area contributed by atoms with Gasteiger partial charge in [0.2, 0.25) is 11.8 Å². The van der Waals surface area contributed by atoms with Crippen molar-refractivity contribution in [1.82, 2.24) is 15.1 Å². The molecule has 0 aromatic rings. The Balaban J connectivity index is 0.00000192. The number of likely N-dealkylation sites (tertiary alicyclic amines) is 1. The highest BCUT2D eigenvalue weighted by Gasteiger charge is 2.41. The first-order valence-corrected chi connectivity index (χ1v) is 9.01. The van der Waals surface area contributed by atoms with Crippen LogP contribution in [0.3, 0.4) is 0 Å². The molecule has 1 aliphatic carbocycles. The third-order valence-electron chi connectivity index (χ3n) is 5.50. The minimum Gasteiger partial charge on any atom is -0.339 e. The molecule has 2 amide bonds. The predicted octanol–water partition coefficient (Wildman–Crippen LogP) is 1.80. The smallest absolute Gasteiger partial charge is 0.228 e. The topological polar surface area (TPSA) is 52.7 Å². The van der Waals surface area contributed by atoms with E-state index in [1.54, 1.807) is 0 Å². The van der Waals surface area contributed by atoms with Gasteiger partial charge in [0, 0.05) is 38.1 Å². The Kier molecular flexibility index (Phi) is 6.72. The van der Waals surface area contributed by atoms with Gasteiger partial charge in [-0.3, -0.25) is 9.59 Å². The third kappa shape index (κ3) is 4.00. The van der Waals surface area contributed by atoms with Crippen LogP contribution in [0.4, 0.5) is 0 Å². The van der Waals surface area contributed by atoms with Crippen LogP contribution < -0.4 is 5.32 Å². The fourth-order valence-corrected chi connectivity index (χ4v) is 4.32. The van der Waals surface area contributed by atoms with Crippen molar-refractivity contribution in [3.63, 3.8) is 0 Å². The summed E-state index contributed by atoms with van der Waals surface area (Å²) in [7, 11) is 0. The first-order chi connectivity index (χ1) is 10.7. The number of hydrogen-bond donors (Lipinski definition) is 1. The first-order valence-electron chi connectivity index (χ1n) is 9.01. The summed E-state index contributed by atoms with van der Waals surface area (Å²) < 4.78 is 0. The lowest BCUT2D eigenvalue weighted by atomic mass is 10.0. The molecule has 2 aliphatic heterocycles. The molecule has 23 heavy (non-hydrogen) atoms. The molecule has 3 rings (SSSR count). The lowest BCUT2D eigenvalue weighted by Gasteiger charge is -2.31. The Bertz CT molecular complexity index is 420. The fourth-order valence-electron chi connectivity index (χ4n) is 4.32. The molecule has 3 fully saturated rings. The zero-order chi connectivity index (χ0) is 15.5. The predicted molar refractivity (Wildman–Crippen MR) is 92.6 cm³/mol. The van der Waals surface area contributed by atoms with Crippen molar-refractivity contribution in [1.29, 1.82) is 0 Å². The summed E-state index contributed by atoms with van der Waals surface area (Å²) in [5, 5.41) is 3.35. The number of amides is 2. The van der Waals surface area contributed by atoms with Crippen LogP contribution in [0.25, 0.3) is 0 Å². The van der Waals surface area contributed by atoms with Crippen molar-refractivity contribution in [2.24, 2.45) is 5.92 Å². The summed E-state index contributed by atoms with van der Waals surface area (Å²) >= 11 is 0. The van der Waals surface area contributed by atoms with E-state index >= 15 is 0 Å². The standard InChI is InChI=1S/C17H29N3O2.ClH/c1-2-9-19(15-7-8-18-11-15)17(22)13-10-16(21)20(12-13)14-5-3-4-6-14;/h13-15,18H,2-12H2,1H3;1H. The maximum atomic E-state index is 12.9. The molecular weight excluding hydrogens is 314 g/mol. The molecular formula is C17H30ClN3O2. The van der Waals surface area contributed by atoms with Gasteiger partial charge in [0.15, 0.2) is 0 Å². The summed E-state index contributed by atoms with van der Waals surface area (Å²) in [6.45, 7) is 5.49. The summed E-state index contributed by atoms with van der Waals surface area (Å²) in [6, 6.07) is 0.723. The average Bonchev–Trinajstić information content (AvgIpc) is 3.24. The lowest BCUT2D eigenvalue weighted by Crippen LogP contribution is -2.46. The van der Waals surface area contributed by atoms with Crippen molar-refractivity contribution in [2.45, 2.75) is 64.0 Å². The molecule has 0 aromatic heterocycles. The minimum atomic E-state index is -0.111. The third-order valence-corrected chi connectivity index (χ3v) is 5.50. The maximum absolute atomic E-state index is 12.9. The number of rotatable bonds is 5. The number of carbonyl (C=O) groups excluding carboxylic acids is 2. The van der Waals surface area contributed by atoms with E-state index in [4.69, 9.17) is 0 Å². The second kappa shape index (κ2) is 8.34. The van der Waals surface area contributed by atoms with Gasteiger partial charge in [0.1, 0.15) is 0 Å². The molecule has 5 nitrogen and oxygen atoms in total. The van der Waals surface area contributed by atoms with Gasteiger partial charge in [0.05, 0.1) is 5.92 Å². The molecule has 0 bridgehead atoms. The molecule has 2 saturated heterocycles. The van der Waals surface area contributed by atoms with Gasteiger partial charge in [-0.25, -0.2) is 0 Å². The van der Waals surface area contributed by atoms with Crippen LogP contribution >= 0.6 is 12.4 Å². The van der Waals surface area contributed by atoms with Crippen LogP contribution in [0.1, 0.15) is 51.9 Å². The number of hydrogen-bond acceptors (Lipinski definition) is 3. The van der Waals surface area contributed by atoms with E-state index in [-0.39, 0.29) is 30.1 Å². The van der Waals surface area contributed by atoms with Crippen LogP contribution in [0, 0.1) is 5.92 Å². The van der Waals surface area contributed by atoms with Gasteiger partial charge in [0.25, 0.3) is 0 Å². The quantitative estimate of drug-likeness (QED) is 0.828. The van der Waals surface area contributed by atoms with Crippen LogP contribution in [0.5, 0.6) is 0 Å². The van der Waals surface area contributed by atoms with E-state index in [2.05, 4.69) is 17.1 Å². The molecule has 0 aromatic carbocycles. The Morgan fingerprint density at radius 3 is 2.65 bits per heavy atom. The molecule has 1 saturated carbocycles. The number of halogens is 1. The van der Waals surface area contributed by atoms with Gasteiger partial charge >= 0.3 is 0 Å². The molecule has 3 aliphatic rings. The van der Waals surface area contributed by atoms with Crippen LogP contribution in [0.15, 0.2) is 0 Å². The van der Waals surface area contributed by atoms with Gasteiger partial charge < -0.3 is 15.1 Å². The largest absolute Gasteiger partial charge is 0.339 e. The summed E-state index contributed by atoms with van der Waals surface area (Å²) in [6.07, 6.45) is 7.14. The normalized spacial score (nSPS) is 28.2. The Morgan fingerprint density at radius 1 is 1.30 bits per heavy atom. The zero-order valence-electron chi connectivity index (χ0n) is 14.1. The van der Waals surface area contributed by atoms with Crippen molar-refractivity contribution in [3.05, 3.63) is 0 Å². The van der Waals surface area contributed by atoms with Crippen molar-refractivity contribution in [3.8, 4) is 0 Å². The fraction of sp³-hybridized carbons (Fsp3) is 0.882. The lowest BCUT2D eigenvalue weighted by molar-refractivity contribution is -0.137. The van der Waals surface area contributed by atoms with Crippen molar-refractivity contribution < 1.29 is 9.59 Å².